The fraction of sp³-hybridized carbons (Fsp3) is 0.435. The lowest BCUT2D eigenvalue weighted by Gasteiger charge is -2.35. The Bertz CT molecular complexity index is 827. The minimum Gasteiger partial charge on any atom is -0.493 e. The van der Waals surface area contributed by atoms with E-state index in [0.29, 0.717) is 25.6 Å². The molecule has 2 unspecified atom stereocenters. The van der Waals surface area contributed by atoms with Crippen molar-refractivity contribution in [1.82, 2.24) is 10.6 Å². The zero-order valence-corrected chi connectivity index (χ0v) is 16.9. The minimum atomic E-state index is 0.111. The molecular weight excluding hydrogens is 366 g/mol. The van der Waals surface area contributed by atoms with Gasteiger partial charge in [0.05, 0.1) is 13.7 Å². The first-order chi connectivity index (χ1) is 14.2. The molecule has 2 heterocycles. The highest BCUT2D eigenvalue weighted by Crippen LogP contribution is 2.33. The van der Waals surface area contributed by atoms with Crippen molar-refractivity contribution < 1.29 is 14.3 Å². The fourth-order valence-corrected chi connectivity index (χ4v) is 4.10. The Morgan fingerprint density at radius 3 is 2.76 bits per heavy atom. The van der Waals surface area contributed by atoms with Crippen LogP contribution in [0.25, 0.3) is 0 Å². The topological polar surface area (TPSA) is 62.8 Å². The number of hydrogen-bond donors (Lipinski definition) is 2. The summed E-state index contributed by atoms with van der Waals surface area (Å²) < 4.78 is 11.6. The molecule has 0 spiro atoms. The number of ether oxygens (including phenoxy) is 2. The first-order valence-electron chi connectivity index (χ1n) is 10.3. The average Bonchev–Trinajstić information content (AvgIpc) is 3.21. The fourth-order valence-electron chi connectivity index (χ4n) is 4.10. The third-order valence-electron chi connectivity index (χ3n) is 5.74. The predicted molar refractivity (Wildman–Crippen MR) is 114 cm³/mol. The van der Waals surface area contributed by atoms with Crippen molar-refractivity contribution in [2.45, 2.75) is 24.8 Å². The maximum Gasteiger partial charge on any atom is 0.220 e. The first-order valence-corrected chi connectivity index (χ1v) is 10.3. The Balaban J connectivity index is 1.34. The monoisotopic (exact) mass is 395 g/mol. The Morgan fingerprint density at radius 2 is 2.00 bits per heavy atom. The quantitative estimate of drug-likeness (QED) is 0.754. The highest BCUT2D eigenvalue weighted by Gasteiger charge is 2.24. The lowest BCUT2D eigenvalue weighted by atomic mass is 9.98. The molecule has 2 aliphatic rings. The van der Waals surface area contributed by atoms with Crippen LogP contribution in [0.1, 0.15) is 24.3 Å². The van der Waals surface area contributed by atoms with Crippen molar-refractivity contribution in [3.05, 3.63) is 54.1 Å². The maximum absolute atomic E-state index is 11.5. The van der Waals surface area contributed by atoms with E-state index in [4.69, 9.17) is 9.47 Å². The molecule has 1 amide bonds. The molecule has 0 saturated carbocycles. The third kappa shape index (κ3) is 4.82. The Morgan fingerprint density at radius 1 is 1.14 bits per heavy atom. The number of para-hydroxylation sites is 1. The molecule has 0 bridgehead atoms. The lowest BCUT2D eigenvalue weighted by Crippen LogP contribution is -2.51. The third-order valence-corrected chi connectivity index (χ3v) is 5.74. The van der Waals surface area contributed by atoms with Gasteiger partial charge in [-0.3, -0.25) is 4.79 Å². The molecule has 29 heavy (non-hydrogen) atoms. The van der Waals surface area contributed by atoms with Gasteiger partial charge in [-0.1, -0.05) is 24.3 Å². The minimum absolute atomic E-state index is 0.111. The number of rotatable bonds is 7. The van der Waals surface area contributed by atoms with Crippen molar-refractivity contribution in [3.63, 3.8) is 0 Å². The lowest BCUT2D eigenvalue weighted by molar-refractivity contribution is -0.119. The number of anilines is 1. The molecule has 4 rings (SSSR count). The molecule has 2 fully saturated rings. The normalized spacial score (nSPS) is 21.7. The van der Waals surface area contributed by atoms with Gasteiger partial charge in [0.25, 0.3) is 0 Å². The summed E-state index contributed by atoms with van der Waals surface area (Å²) in [4.78, 5) is 14.0. The standard InChI is InChI=1S/C23H29N3O3/c1-28-21-8-7-17(18-14-23(27)25-15-18)13-22(21)29-12-9-19-16-26(11-10-24-19)20-5-3-2-4-6-20/h2-8,13,18-19,24H,9-12,14-16H2,1H3,(H,25,27). The van der Waals surface area contributed by atoms with E-state index < -0.39 is 0 Å². The van der Waals surface area contributed by atoms with Crippen LogP contribution in [0.15, 0.2) is 48.5 Å². The van der Waals surface area contributed by atoms with Crippen molar-refractivity contribution in [1.29, 1.82) is 0 Å². The molecule has 2 aromatic rings. The maximum atomic E-state index is 11.5. The Kier molecular flexibility index (Phi) is 6.20. The van der Waals surface area contributed by atoms with E-state index >= 15 is 0 Å². The molecule has 6 nitrogen and oxygen atoms in total. The van der Waals surface area contributed by atoms with Gasteiger partial charge >= 0.3 is 0 Å². The van der Waals surface area contributed by atoms with Crippen LogP contribution in [0.3, 0.4) is 0 Å². The van der Waals surface area contributed by atoms with Crippen LogP contribution in [-0.2, 0) is 4.79 Å². The summed E-state index contributed by atoms with van der Waals surface area (Å²) in [6.45, 7) is 4.26. The molecule has 154 valence electrons. The van der Waals surface area contributed by atoms with Gasteiger partial charge in [-0.2, -0.15) is 0 Å². The second kappa shape index (κ2) is 9.18. The van der Waals surface area contributed by atoms with Gasteiger partial charge < -0.3 is 25.0 Å². The van der Waals surface area contributed by atoms with Gasteiger partial charge in [-0.15, -0.1) is 0 Å². The van der Waals surface area contributed by atoms with Crippen molar-refractivity contribution in [2.75, 3.05) is 44.8 Å². The van der Waals surface area contributed by atoms with E-state index in [2.05, 4.69) is 45.9 Å². The SMILES string of the molecule is COc1ccc(C2CNC(=O)C2)cc1OCCC1CN(c2ccccc2)CCN1. The number of benzene rings is 2. The van der Waals surface area contributed by atoms with Gasteiger partial charge in [0.1, 0.15) is 0 Å². The summed E-state index contributed by atoms with van der Waals surface area (Å²) in [6.07, 6.45) is 1.45. The highest BCUT2D eigenvalue weighted by atomic mass is 16.5. The van der Waals surface area contributed by atoms with E-state index in [9.17, 15) is 4.79 Å². The number of carbonyl (C=O) groups is 1. The second-order valence-electron chi connectivity index (χ2n) is 7.69. The van der Waals surface area contributed by atoms with Crippen LogP contribution >= 0.6 is 0 Å². The van der Waals surface area contributed by atoms with Crippen molar-refractivity contribution in [3.8, 4) is 11.5 Å². The van der Waals surface area contributed by atoms with Gasteiger partial charge in [-0.05, 0) is 36.2 Å². The first kappa shape index (κ1) is 19.6. The van der Waals surface area contributed by atoms with Gasteiger partial charge in [-0.25, -0.2) is 0 Å². The molecule has 2 atom stereocenters. The van der Waals surface area contributed by atoms with Crippen LogP contribution in [0.5, 0.6) is 11.5 Å². The number of methoxy groups -OCH3 is 1. The molecule has 0 radical (unpaired) electrons. The molecule has 2 N–H and O–H groups in total. The Hall–Kier alpha value is -2.73. The zero-order chi connectivity index (χ0) is 20.1. The summed E-state index contributed by atoms with van der Waals surface area (Å²) >= 11 is 0. The summed E-state index contributed by atoms with van der Waals surface area (Å²) in [6, 6.07) is 16.9. The summed E-state index contributed by atoms with van der Waals surface area (Å²) in [7, 11) is 1.66. The second-order valence-corrected chi connectivity index (χ2v) is 7.69. The van der Waals surface area contributed by atoms with E-state index in [1.165, 1.54) is 5.69 Å². The van der Waals surface area contributed by atoms with Crippen LogP contribution in [0.4, 0.5) is 5.69 Å². The number of carbonyl (C=O) groups excluding carboxylic acids is 1. The molecule has 0 aliphatic carbocycles. The molecule has 2 saturated heterocycles. The van der Waals surface area contributed by atoms with Crippen LogP contribution < -0.4 is 25.0 Å². The number of nitrogens with zero attached hydrogens (tertiary/aromatic N) is 1. The summed E-state index contributed by atoms with van der Waals surface area (Å²) in [5, 5.41) is 6.49. The molecule has 2 aliphatic heterocycles. The Labute approximate surface area is 172 Å². The van der Waals surface area contributed by atoms with Crippen LogP contribution in [0, 0.1) is 0 Å². The van der Waals surface area contributed by atoms with Crippen molar-refractivity contribution >= 4 is 11.6 Å². The van der Waals surface area contributed by atoms with Crippen molar-refractivity contribution in [2.24, 2.45) is 0 Å². The summed E-state index contributed by atoms with van der Waals surface area (Å²) in [5.74, 6) is 1.79. The molecular formula is C23H29N3O3. The van der Waals surface area contributed by atoms with Crippen LogP contribution in [0.2, 0.25) is 0 Å². The van der Waals surface area contributed by atoms with Gasteiger partial charge in [0.2, 0.25) is 5.91 Å². The largest absolute Gasteiger partial charge is 0.493 e. The van der Waals surface area contributed by atoms with Crippen LogP contribution in [-0.4, -0.2) is 51.8 Å². The number of piperazine rings is 1. The number of hydrogen-bond acceptors (Lipinski definition) is 5. The smallest absolute Gasteiger partial charge is 0.220 e. The highest BCUT2D eigenvalue weighted by molar-refractivity contribution is 5.79. The van der Waals surface area contributed by atoms with E-state index in [0.717, 1.165) is 43.1 Å². The van der Waals surface area contributed by atoms with E-state index in [1.54, 1.807) is 7.11 Å². The van der Waals surface area contributed by atoms with E-state index in [-0.39, 0.29) is 11.8 Å². The number of nitrogens with one attached hydrogen (secondary N) is 2. The van der Waals surface area contributed by atoms with E-state index in [1.807, 2.05) is 18.2 Å². The summed E-state index contributed by atoms with van der Waals surface area (Å²) in [5.41, 5.74) is 2.39. The predicted octanol–water partition coefficient (Wildman–Crippen LogP) is 2.55. The molecule has 6 heteroatoms. The van der Waals surface area contributed by atoms with Gasteiger partial charge in [0, 0.05) is 50.2 Å². The number of amides is 1. The molecule has 0 aromatic heterocycles. The molecule has 2 aromatic carbocycles. The average molecular weight is 396 g/mol. The van der Waals surface area contributed by atoms with Gasteiger partial charge in [0.15, 0.2) is 11.5 Å². The zero-order valence-electron chi connectivity index (χ0n) is 16.9.